The largest absolute Gasteiger partial charge is 0.410 e. The van der Waals surface area contributed by atoms with Crippen molar-refractivity contribution >= 4 is 34.9 Å². The van der Waals surface area contributed by atoms with Crippen LogP contribution >= 0.6 is 11.6 Å². The second kappa shape index (κ2) is 11.2. The van der Waals surface area contributed by atoms with E-state index < -0.39 is 36.0 Å². The SMILES string of the molecule is O=C(Nc1ccccc1)C1CN(C(=O)c2cnn3c2NC(c2ccccc2)CC3C(F)(F)F)CC1c1ccccc1Cl. The molecule has 1 aromatic heterocycles. The standard InChI is InChI=1S/C31H27ClF3N5O2/c32-25-14-8-7-13-21(25)23-17-39(18-24(23)29(41)37-20-11-5-2-6-12-20)30(42)22-16-36-40-27(31(33,34)35)15-26(38-28(22)40)19-9-3-1-4-10-19/h1-14,16,23-24,26-27,38H,15,17-18H2,(H,37,41). The van der Waals surface area contributed by atoms with Gasteiger partial charge in [-0.3, -0.25) is 9.59 Å². The first-order valence-corrected chi connectivity index (χ1v) is 13.9. The van der Waals surface area contributed by atoms with Gasteiger partial charge in [-0.05, 0) is 29.3 Å². The first kappa shape index (κ1) is 27.8. The third kappa shape index (κ3) is 5.34. The van der Waals surface area contributed by atoms with Crippen molar-refractivity contribution in [2.24, 2.45) is 5.92 Å². The fraction of sp³-hybridized carbons (Fsp3) is 0.258. The Morgan fingerprint density at radius 3 is 2.29 bits per heavy atom. The normalized spacial score (nSPS) is 21.9. The second-order valence-corrected chi connectivity index (χ2v) is 11.0. The maximum atomic E-state index is 14.2. The topological polar surface area (TPSA) is 79.3 Å². The molecule has 7 nitrogen and oxygen atoms in total. The van der Waals surface area contributed by atoms with Crippen LogP contribution < -0.4 is 10.6 Å². The number of fused-ring (bicyclic) bond motifs is 1. The van der Waals surface area contributed by atoms with Gasteiger partial charge in [0.25, 0.3) is 5.91 Å². The molecule has 4 aromatic rings. The monoisotopic (exact) mass is 593 g/mol. The van der Waals surface area contributed by atoms with Gasteiger partial charge in [-0.15, -0.1) is 0 Å². The Morgan fingerprint density at radius 2 is 1.60 bits per heavy atom. The quantitative estimate of drug-likeness (QED) is 0.270. The number of benzene rings is 3. The number of anilines is 2. The van der Waals surface area contributed by atoms with E-state index in [1.807, 2.05) is 18.2 Å². The Balaban J connectivity index is 1.32. The van der Waals surface area contributed by atoms with E-state index >= 15 is 0 Å². The molecular weight excluding hydrogens is 567 g/mol. The van der Waals surface area contributed by atoms with E-state index in [9.17, 15) is 22.8 Å². The zero-order chi connectivity index (χ0) is 29.4. The van der Waals surface area contributed by atoms with Crippen LogP contribution in [0.3, 0.4) is 0 Å². The second-order valence-electron chi connectivity index (χ2n) is 10.6. The predicted octanol–water partition coefficient (Wildman–Crippen LogP) is 6.69. The fourth-order valence-corrected chi connectivity index (χ4v) is 6.15. The van der Waals surface area contributed by atoms with Gasteiger partial charge in [0.15, 0.2) is 6.04 Å². The molecule has 2 amide bonds. The number of amides is 2. The summed E-state index contributed by atoms with van der Waals surface area (Å²) in [5.41, 5.74) is 2.03. The number of carbonyl (C=O) groups is 2. The average Bonchev–Trinajstić information content (AvgIpc) is 3.62. The molecule has 2 aliphatic heterocycles. The Bertz CT molecular complexity index is 1600. The summed E-state index contributed by atoms with van der Waals surface area (Å²) in [6.45, 7) is 0.216. The number of carbonyl (C=O) groups excluding carboxylic acids is 2. The van der Waals surface area contributed by atoms with Gasteiger partial charge in [-0.2, -0.15) is 18.3 Å². The van der Waals surface area contributed by atoms with Crippen LogP contribution in [0.2, 0.25) is 5.02 Å². The van der Waals surface area contributed by atoms with Gasteiger partial charge < -0.3 is 15.5 Å². The third-order valence-electron chi connectivity index (χ3n) is 7.96. The third-order valence-corrected chi connectivity index (χ3v) is 8.30. The fourth-order valence-electron chi connectivity index (χ4n) is 5.88. The minimum absolute atomic E-state index is 0.00825. The van der Waals surface area contributed by atoms with Crippen molar-refractivity contribution in [1.29, 1.82) is 0 Å². The van der Waals surface area contributed by atoms with Gasteiger partial charge in [0, 0.05) is 36.1 Å². The van der Waals surface area contributed by atoms with Crippen LogP contribution in [0.15, 0.2) is 91.1 Å². The number of halogens is 4. The molecule has 2 aliphatic rings. The molecular formula is C31H27ClF3N5O2. The summed E-state index contributed by atoms with van der Waals surface area (Å²) in [5.74, 6) is -1.85. The molecule has 0 radical (unpaired) electrons. The lowest BCUT2D eigenvalue weighted by Crippen LogP contribution is -2.37. The van der Waals surface area contributed by atoms with Crippen LogP contribution in [0.5, 0.6) is 0 Å². The van der Waals surface area contributed by atoms with E-state index in [2.05, 4.69) is 15.7 Å². The Labute approximate surface area is 245 Å². The van der Waals surface area contributed by atoms with E-state index in [-0.39, 0.29) is 36.8 Å². The average molecular weight is 594 g/mol. The van der Waals surface area contributed by atoms with Crippen LogP contribution in [-0.4, -0.2) is 45.8 Å². The number of nitrogens with one attached hydrogen (secondary N) is 2. The van der Waals surface area contributed by atoms with Crippen LogP contribution in [0.1, 0.15) is 45.9 Å². The summed E-state index contributed by atoms with van der Waals surface area (Å²) in [4.78, 5) is 29.0. The van der Waals surface area contributed by atoms with Crippen LogP contribution in [-0.2, 0) is 4.79 Å². The smallest absolute Gasteiger partial charge is 0.363 e. The summed E-state index contributed by atoms with van der Waals surface area (Å²) in [6.07, 6.45) is -3.66. The van der Waals surface area contributed by atoms with Crippen molar-refractivity contribution in [3.05, 3.63) is 113 Å². The molecule has 0 bridgehead atoms. The van der Waals surface area contributed by atoms with E-state index in [1.54, 1.807) is 66.7 Å². The summed E-state index contributed by atoms with van der Waals surface area (Å²) >= 11 is 6.52. The first-order valence-electron chi connectivity index (χ1n) is 13.6. The number of para-hydroxylation sites is 1. The molecule has 0 spiro atoms. The minimum atomic E-state index is -4.57. The lowest BCUT2D eigenvalue weighted by Gasteiger charge is -2.34. The van der Waals surface area contributed by atoms with Crippen LogP contribution in [0.25, 0.3) is 0 Å². The lowest BCUT2D eigenvalue weighted by molar-refractivity contribution is -0.173. The van der Waals surface area contributed by atoms with Gasteiger partial charge in [0.2, 0.25) is 5.91 Å². The highest BCUT2D eigenvalue weighted by atomic mass is 35.5. The highest BCUT2D eigenvalue weighted by Crippen LogP contribution is 2.45. The van der Waals surface area contributed by atoms with E-state index in [1.165, 1.54) is 11.1 Å². The number of nitrogens with zero attached hydrogens (tertiary/aromatic N) is 3. The minimum Gasteiger partial charge on any atom is -0.363 e. The maximum absolute atomic E-state index is 14.2. The Kier molecular flexibility index (Phi) is 7.40. The van der Waals surface area contributed by atoms with E-state index in [4.69, 9.17) is 11.6 Å². The molecule has 11 heteroatoms. The van der Waals surface area contributed by atoms with Gasteiger partial charge in [-0.25, -0.2) is 4.68 Å². The summed E-state index contributed by atoms with van der Waals surface area (Å²) in [5, 5.41) is 10.5. The number of aromatic nitrogens is 2. The van der Waals surface area contributed by atoms with E-state index in [0.29, 0.717) is 16.3 Å². The summed E-state index contributed by atoms with van der Waals surface area (Å²) in [6, 6.07) is 22.4. The van der Waals surface area contributed by atoms with Gasteiger partial charge >= 0.3 is 6.18 Å². The van der Waals surface area contributed by atoms with Crippen molar-refractivity contribution in [3.63, 3.8) is 0 Å². The van der Waals surface area contributed by atoms with Crippen molar-refractivity contribution in [2.75, 3.05) is 23.7 Å². The highest BCUT2D eigenvalue weighted by Gasteiger charge is 2.48. The molecule has 3 heterocycles. The Hall–Kier alpha value is -4.31. The Morgan fingerprint density at radius 1 is 0.929 bits per heavy atom. The zero-order valence-electron chi connectivity index (χ0n) is 22.3. The predicted molar refractivity (Wildman–Crippen MR) is 153 cm³/mol. The molecule has 6 rings (SSSR count). The summed E-state index contributed by atoms with van der Waals surface area (Å²) in [7, 11) is 0. The maximum Gasteiger partial charge on any atom is 0.410 e. The molecule has 4 atom stereocenters. The van der Waals surface area contributed by atoms with Crippen molar-refractivity contribution in [3.8, 4) is 0 Å². The van der Waals surface area contributed by atoms with Gasteiger partial charge in [0.1, 0.15) is 11.4 Å². The molecule has 0 aliphatic carbocycles. The number of likely N-dealkylation sites (tertiary alicyclic amines) is 1. The highest BCUT2D eigenvalue weighted by molar-refractivity contribution is 6.31. The first-order chi connectivity index (χ1) is 20.2. The lowest BCUT2D eigenvalue weighted by atomic mass is 9.88. The molecule has 216 valence electrons. The van der Waals surface area contributed by atoms with Crippen LogP contribution in [0.4, 0.5) is 24.7 Å². The number of rotatable bonds is 5. The molecule has 3 aromatic carbocycles. The van der Waals surface area contributed by atoms with E-state index in [0.717, 1.165) is 10.2 Å². The molecule has 2 N–H and O–H groups in total. The molecule has 1 fully saturated rings. The molecule has 0 saturated carbocycles. The molecule has 4 unspecified atom stereocenters. The number of hydrogen-bond acceptors (Lipinski definition) is 4. The van der Waals surface area contributed by atoms with Gasteiger partial charge in [0.05, 0.1) is 18.2 Å². The van der Waals surface area contributed by atoms with Gasteiger partial charge in [-0.1, -0.05) is 78.3 Å². The molecule has 1 saturated heterocycles. The number of hydrogen-bond donors (Lipinski definition) is 2. The van der Waals surface area contributed by atoms with Crippen molar-refractivity contribution in [2.45, 2.75) is 30.6 Å². The van der Waals surface area contributed by atoms with Crippen molar-refractivity contribution in [1.82, 2.24) is 14.7 Å². The van der Waals surface area contributed by atoms with Crippen LogP contribution in [0, 0.1) is 5.92 Å². The zero-order valence-corrected chi connectivity index (χ0v) is 23.0. The summed E-state index contributed by atoms with van der Waals surface area (Å²) < 4.78 is 43.4. The van der Waals surface area contributed by atoms with Crippen molar-refractivity contribution < 1.29 is 22.8 Å². The number of alkyl halides is 3. The molecule has 42 heavy (non-hydrogen) atoms.